The van der Waals surface area contributed by atoms with Gasteiger partial charge < -0.3 is 13.9 Å². The number of pyridine rings is 1. The third-order valence-corrected chi connectivity index (χ3v) is 4.14. The minimum absolute atomic E-state index is 0.0614. The fourth-order valence-electron chi connectivity index (χ4n) is 2.79. The Labute approximate surface area is 166 Å². The van der Waals surface area contributed by atoms with Crippen LogP contribution >= 0.6 is 0 Å². The Balaban J connectivity index is 1.71. The molecule has 1 aromatic carbocycles. The smallest absolute Gasteiger partial charge is 0.387 e. The molecule has 6 nitrogen and oxygen atoms in total. The molecule has 0 bridgehead atoms. The molecule has 0 fully saturated rings. The predicted molar refractivity (Wildman–Crippen MR) is 101 cm³/mol. The van der Waals surface area contributed by atoms with E-state index in [0.717, 1.165) is 5.56 Å². The summed E-state index contributed by atoms with van der Waals surface area (Å²) >= 11 is 0. The van der Waals surface area contributed by atoms with Gasteiger partial charge in [0.25, 0.3) is 0 Å². The maximum atomic E-state index is 12.5. The Morgan fingerprint density at radius 2 is 2.07 bits per heavy atom. The number of oxazole rings is 1. The lowest BCUT2D eigenvalue weighted by Gasteiger charge is -2.11. The van der Waals surface area contributed by atoms with Crippen molar-refractivity contribution >= 4 is 5.78 Å². The van der Waals surface area contributed by atoms with Crippen molar-refractivity contribution in [1.82, 2.24) is 9.97 Å². The fraction of sp³-hybridized carbons (Fsp3) is 0.286. The largest absolute Gasteiger partial charge is 0.490 e. The van der Waals surface area contributed by atoms with Gasteiger partial charge in [-0.2, -0.15) is 8.78 Å². The molecule has 0 aliphatic rings. The van der Waals surface area contributed by atoms with Crippen LogP contribution in [0.25, 0.3) is 11.5 Å². The van der Waals surface area contributed by atoms with Crippen molar-refractivity contribution in [3.8, 4) is 23.0 Å². The Morgan fingerprint density at radius 1 is 1.24 bits per heavy atom. The zero-order valence-electron chi connectivity index (χ0n) is 16.0. The van der Waals surface area contributed by atoms with Gasteiger partial charge in [-0.3, -0.25) is 9.78 Å². The average molecular weight is 402 g/mol. The molecule has 0 aliphatic heterocycles. The first-order valence-electron chi connectivity index (χ1n) is 9.09. The fourth-order valence-corrected chi connectivity index (χ4v) is 2.79. The highest BCUT2D eigenvalue weighted by Gasteiger charge is 2.16. The summed E-state index contributed by atoms with van der Waals surface area (Å²) in [6.07, 6.45) is 3.70. The molecular formula is C21H20F2N2O4. The highest BCUT2D eigenvalue weighted by Crippen LogP contribution is 2.33. The monoisotopic (exact) mass is 402 g/mol. The summed E-state index contributed by atoms with van der Waals surface area (Å²) in [5.74, 6) is 0.338. The number of aromatic nitrogens is 2. The van der Waals surface area contributed by atoms with E-state index in [0.29, 0.717) is 29.3 Å². The first-order valence-corrected chi connectivity index (χ1v) is 9.09. The number of halogens is 2. The van der Waals surface area contributed by atoms with E-state index in [-0.39, 0.29) is 30.3 Å². The molecule has 0 atom stereocenters. The lowest BCUT2D eigenvalue weighted by molar-refractivity contribution is -0.0514. The highest BCUT2D eigenvalue weighted by molar-refractivity contribution is 5.95. The number of rotatable bonds is 9. The normalized spacial score (nSPS) is 10.9. The topological polar surface area (TPSA) is 74.5 Å². The third-order valence-electron chi connectivity index (χ3n) is 4.14. The van der Waals surface area contributed by atoms with Crippen LogP contribution in [0.4, 0.5) is 8.78 Å². The molecule has 0 N–H and O–H groups in total. The second kappa shape index (κ2) is 9.27. The van der Waals surface area contributed by atoms with Crippen LogP contribution in [0.2, 0.25) is 0 Å². The van der Waals surface area contributed by atoms with Crippen molar-refractivity contribution in [3.05, 3.63) is 59.7 Å². The number of benzene rings is 1. The molecule has 0 saturated carbocycles. The van der Waals surface area contributed by atoms with Crippen LogP contribution in [0, 0.1) is 6.92 Å². The Kier molecular flexibility index (Phi) is 6.54. The summed E-state index contributed by atoms with van der Waals surface area (Å²) in [4.78, 5) is 20.8. The minimum atomic E-state index is -2.95. The van der Waals surface area contributed by atoms with E-state index < -0.39 is 6.61 Å². The Bertz CT molecular complexity index is 988. The molecule has 152 valence electrons. The molecule has 2 aromatic heterocycles. The van der Waals surface area contributed by atoms with Gasteiger partial charge in [0.2, 0.25) is 5.89 Å². The van der Waals surface area contributed by atoms with Crippen molar-refractivity contribution in [2.24, 2.45) is 0 Å². The number of ketones is 1. The van der Waals surface area contributed by atoms with Crippen LogP contribution in [-0.4, -0.2) is 29.0 Å². The van der Waals surface area contributed by atoms with Crippen molar-refractivity contribution in [1.29, 1.82) is 0 Å². The first kappa shape index (κ1) is 20.4. The number of nitrogens with zero attached hydrogens (tertiary/aromatic N) is 2. The van der Waals surface area contributed by atoms with Crippen LogP contribution in [-0.2, 0) is 6.42 Å². The van der Waals surface area contributed by atoms with E-state index in [4.69, 9.17) is 9.15 Å². The maximum Gasteiger partial charge on any atom is 0.387 e. The molecule has 0 unspecified atom stereocenters. The second-order valence-corrected chi connectivity index (χ2v) is 6.21. The molecule has 8 heteroatoms. The van der Waals surface area contributed by atoms with E-state index in [1.54, 1.807) is 25.3 Å². The van der Waals surface area contributed by atoms with Crippen molar-refractivity contribution in [2.45, 2.75) is 33.3 Å². The summed E-state index contributed by atoms with van der Waals surface area (Å²) < 4.78 is 40.4. The van der Waals surface area contributed by atoms with Gasteiger partial charge in [-0.15, -0.1) is 0 Å². The lowest BCUT2D eigenvalue weighted by atomic mass is 10.1. The zero-order chi connectivity index (χ0) is 20.8. The van der Waals surface area contributed by atoms with Gasteiger partial charge in [0.15, 0.2) is 17.3 Å². The van der Waals surface area contributed by atoms with Gasteiger partial charge >= 0.3 is 6.61 Å². The van der Waals surface area contributed by atoms with Crippen molar-refractivity contribution < 1.29 is 27.5 Å². The standard InChI is InChI=1S/C21H20F2N2O4/c1-3-27-18-11-14(6-9-17(18)29-21(22)23)20-25-15(12-28-20)7-8-16(26)19-13(2)5-4-10-24-19/h4-6,9-12,21H,3,7-8H2,1-2H3. The zero-order valence-corrected chi connectivity index (χ0v) is 16.0. The SMILES string of the molecule is CCOc1cc(-c2nc(CCC(=O)c3ncccc3C)co2)ccc1OC(F)F. The number of hydrogen-bond donors (Lipinski definition) is 0. The van der Waals surface area contributed by atoms with E-state index in [1.165, 1.54) is 18.4 Å². The second-order valence-electron chi connectivity index (χ2n) is 6.21. The van der Waals surface area contributed by atoms with Crippen LogP contribution in [0.3, 0.4) is 0 Å². The molecule has 0 aliphatic carbocycles. The first-order chi connectivity index (χ1) is 14.0. The average Bonchev–Trinajstić information content (AvgIpc) is 3.17. The molecule has 29 heavy (non-hydrogen) atoms. The van der Waals surface area contributed by atoms with E-state index in [1.807, 2.05) is 13.0 Å². The predicted octanol–water partition coefficient (Wildman–Crippen LogP) is 4.86. The number of aryl methyl sites for hydroxylation is 2. The Hall–Kier alpha value is -3.29. The molecule has 0 spiro atoms. The number of ether oxygens (including phenoxy) is 2. The quantitative estimate of drug-likeness (QED) is 0.476. The van der Waals surface area contributed by atoms with E-state index in [2.05, 4.69) is 14.7 Å². The molecule has 0 radical (unpaired) electrons. The summed E-state index contributed by atoms with van der Waals surface area (Å²) in [5, 5.41) is 0. The third kappa shape index (κ3) is 5.16. The summed E-state index contributed by atoms with van der Waals surface area (Å²) in [6, 6.07) is 8.08. The van der Waals surface area contributed by atoms with Crippen LogP contribution in [0.15, 0.2) is 47.2 Å². The molecule has 3 rings (SSSR count). The number of hydrogen-bond acceptors (Lipinski definition) is 6. The van der Waals surface area contributed by atoms with Gasteiger partial charge in [-0.05, 0) is 43.7 Å². The van der Waals surface area contributed by atoms with Crippen LogP contribution in [0.5, 0.6) is 11.5 Å². The van der Waals surface area contributed by atoms with Crippen LogP contribution < -0.4 is 9.47 Å². The number of carbonyl (C=O) groups is 1. The summed E-state index contributed by atoms with van der Waals surface area (Å²) in [5.41, 5.74) is 2.43. The van der Waals surface area contributed by atoms with Gasteiger partial charge in [0, 0.05) is 24.6 Å². The maximum absolute atomic E-state index is 12.5. The lowest BCUT2D eigenvalue weighted by Crippen LogP contribution is -2.06. The van der Waals surface area contributed by atoms with Crippen LogP contribution in [0.1, 0.15) is 35.1 Å². The van der Waals surface area contributed by atoms with E-state index in [9.17, 15) is 13.6 Å². The number of Topliss-reactive ketones (excluding diaryl/α,β-unsaturated/α-hetero) is 1. The highest BCUT2D eigenvalue weighted by atomic mass is 19.3. The van der Waals surface area contributed by atoms with Gasteiger partial charge in [0.05, 0.1) is 12.3 Å². The molecule has 0 saturated heterocycles. The number of carbonyl (C=O) groups excluding carboxylic acids is 1. The van der Waals surface area contributed by atoms with Crippen molar-refractivity contribution in [2.75, 3.05) is 6.61 Å². The Morgan fingerprint density at radius 3 is 2.79 bits per heavy atom. The van der Waals surface area contributed by atoms with Gasteiger partial charge in [-0.25, -0.2) is 4.98 Å². The van der Waals surface area contributed by atoms with E-state index >= 15 is 0 Å². The summed E-state index contributed by atoms with van der Waals surface area (Å²) in [6.45, 7) is 0.914. The number of alkyl halides is 2. The molecule has 2 heterocycles. The molecule has 0 amide bonds. The minimum Gasteiger partial charge on any atom is -0.490 e. The van der Waals surface area contributed by atoms with Gasteiger partial charge in [-0.1, -0.05) is 6.07 Å². The molecule has 3 aromatic rings. The van der Waals surface area contributed by atoms with Crippen molar-refractivity contribution in [3.63, 3.8) is 0 Å². The summed E-state index contributed by atoms with van der Waals surface area (Å²) in [7, 11) is 0. The van der Waals surface area contributed by atoms with Gasteiger partial charge in [0.1, 0.15) is 12.0 Å². The molecular weight excluding hydrogens is 382 g/mol.